The molecule has 1 aromatic heterocycles. The number of pyridine rings is 1. The highest BCUT2D eigenvalue weighted by Gasteiger charge is 2.42. The van der Waals surface area contributed by atoms with Crippen molar-refractivity contribution in [3.05, 3.63) is 101 Å². The first-order valence-corrected chi connectivity index (χ1v) is 13.2. The molecular weight excluding hydrogens is 497 g/mol. The van der Waals surface area contributed by atoms with Crippen LogP contribution in [0.3, 0.4) is 0 Å². The van der Waals surface area contributed by atoms with Gasteiger partial charge in [0.1, 0.15) is 11.4 Å². The maximum absolute atomic E-state index is 13.5. The minimum Gasteiger partial charge on any atom is -0.444 e. The van der Waals surface area contributed by atoms with Crippen LogP contribution in [0, 0.1) is 5.82 Å². The summed E-state index contributed by atoms with van der Waals surface area (Å²) in [6.45, 7) is 5.73. The number of aliphatic hydroxyl groups is 1. The smallest absolute Gasteiger partial charge is 0.410 e. The van der Waals surface area contributed by atoms with Gasteiger partial charge in [0.05, 0.1) is 18.3 Å². The Kier molecular flexibility index (Phi) is 8.65. The Morgan fingerprint density at radius 3 is 2.41 bits per heavy atom. The van der Waals surface area contributed by atoms with E-state index in [1.807, 2.05) is 63.2 Å². The van der Waals surface area contributed by atoms with Gasteiger partial charge in [0.2, 0.25) is 0 Å². The molecule has 39 heavy (non-hydrogen) atoms. The molecule has 0 unspecified atom stereocenters. The third kappa shape index (κ3) is 7.20. The van der Waals surface area contributed by atoms with E-state index < -0.39 is 29.7 Å². The summed E-state index contributed by atoms with van der Waals surface area (Å²) in [6, 6.07) is 17.5. The number of carbonyl (C=O) groups excluding carboxylic acids is 2. The van der Waals surface area contributed by atoms with Crippen LogP contribution >= 0.6 is 0 Å². The van der Waals surface area contributed by atoms with Crippen molar-refractivity contribution in [2.24, 2.45) is 0 Å². The van der Waals surface area contributed by atoms with Gasteiger partial charge in [-0.1, -0.05) is 42.5 Å². The first kappa shape index (κ1) is 28.2. The number of ether oxygens (including phenoxy) is 1. The molecule has 0 spiro atoms. The zero-order valence-electron chi connectivity index (χ0n) is 22.9. The zero-order chi connectivity index (χ0) is 28.2. The zero-order valence-corrected chi connectivity index (χ0v) is 22.9. The predicted molar refractivity (Wildman–Crippen MR) is 146 cm³/mol. The lowest BCUT2D eigenvalue weighted by atomic mass is 10.0. The molecule has 2 amide bonds. The molecule has 1 saturated heterocycles. The summed E-state index contributed by atoms with van der Waals surface area (Å²) in [5.74, 6) is -0.628. The number of halogens is 1. The number of nitrogens with zero attached hydrogens (tertiary/aromatic N) is 3. The summed E-state index contributed by atoms with van der Waals surface area (Å²) in [7, 11) is 1.66. The van der Waals surface area contributed by atoms with E-state index in [1.165, 1.54) is 17.2 Å². The maximum atomic E-state index is 13.5. The van der Waals surface area contributed by atoms with Crippen LogP contribution in [0.15, 0.2) is 73.1 Å². The number of rotatable bonds is 7. The molecule has 0 radical (unpaired) electrons. The van der Waals surface area contributed by atoms with Crippen LogP contribution in [-0.2, 0) is 17.7 Å². The van der Waals surface area contributed by atoms with E-state index in [0.29, 0.717) is 24.0 Å². The first-order valence-electron chi connectivity index (χ1n) is 13.2. The highest BCUT2D eigenvalue weighted by atomic mass is 19.1. The lowest BCUT2D eigenvalue weighted by Crippen LogP contribution is -2.47. The molecule has 0 saturated carbocycles. The minimum absolute atomic E-state index is 0.159. The van der Waals surface area contributed by atoms with Crippen LogP contribution in [0.25, 0.3) is 0 Å². The molecule has 7 nitrogen and oxygen atoms in total. The minimum atomic E-state index is -0.826. The Morgan fingerprint density at radius 2 is 1.77 bits per heavy atom. The van der Waals surface area contributed by atoms with Crippen molar-refractivity contribution in [3.8, 4) is 0 Å². The number of carbonyl (C=O) groups is 2. The fourth-order valence-corrected chi connectivity index (χ4v) is 5.06. The number of amides is 2. The Hall–Kier alpha value is -3.78. The Labute approximate surface area is 229 Å². The molecule has 3 atom stereocenters. The van der Waals surface area contributed by atoms with Crippen molar-refractivity contribution in [2.75, 3.05) is 7.05 Å². The lowest BCUT2D eigenvalue weighted by molar-refractivity contribution is -0.00453. The molecule has 1 aliphatic rings. The summed E-state index contributed by atoms with van der Waals surface area (Å²) >= 11 is 0. The van der Waals surface area contributed by atoms with Crippen molar-refractivity contribution in [1.82, 2.24) is 14.8 Å². The van der Waals surface area contributed by atoms with E-state index in [0.717, 1.165) is 23.7 Å². The van der Waals surface area contributed by atoms with E-state index in [-0.39, 0.29) is 18.5 Å². The fourth-order valence-electron chi connectivity index (χ4n) is 5.06. The molecule has 0 bridgehead atoms. The van der Waals surface area contributed by atoms with Crippen molar-refractivity contribution in [2.45, 2.75) is 70.4 Å². The van der Waals surface area contributed by atoms with Crippen LogP contribution in [-0.4, -0.2) is 56.6 Å². The van der Waals surface area contributed by atoms with E-state index in [2.05, 4.69) is 4.98 Å². The lowest BCUT2D eigenvalue weighted by Gasteiger charge is -2.35. The average Bonchev–Trinajstić information content (AvgIpc) is 3.31. The third-order valence-corrected chi connectivity index (χ3v) is 6.86. The second-order valence-electron chi connectivity index (χ2n) is 11.1. The van der Waals surface area contributed by atoms with E-state index >= 15 is 0 Å². The molecule has 2 aromatic carbocycles. The van der Waals surface area contributed by atoms with Crippen LogP contribution in [0.2, 0.25) is 0 Å². The quantitative estimate of drug-likeness (QED) is 0.431. The summed E-state index contributed by atoms with van der Waals surface area (Å²) in [4.78, 5) is 33.3. The summed E-state index contributed by atoms with van der Waals surface area (Å²) in [6.07, 6.45) is 3.34. The predicted octanol–water partition coefficient (Wildman–Crippen LogP) is 5.54. The third-order valence-electron chi connectivity index (χ3n) is 6.86. The number of aromatic nitrogens is 1. The molecule has 1 fully saturated rings. The second kappa shape index (κ2) is 11.9. The van der Waals surface area contributed by atoms with Crippen LogP contribution in [0.4, 0.5) is 9.18 Å². The molecule has 1 aliphatic heterocycles. The average molecular weight is 534 g/mol. The number of hydrogen-bond donors (Lipinski definition) is 1. The molecule has 4 rings (SSSR count). The SMILES string of the molecule is CN(Cc1cncc(F)c1)C(=O)c1ccc(C[C@@H]2CC[C@H]([C@H](O)c3ccccc3)N2C(=O)OC(C)(C)C)cc1. The van der Waals surface area contributed by atoms with Crippen LogP contribution < -0.4 is 0 Å². The molecule has 8 heteroatoms. The molecule has 3 aromatic rings. The van der Waals surface area contributed by atoms with Gasteiger partial charge in [0.25, 0.3) is 5.91 Å². The molecule has 206 valence electrons. The van der Waals surface area contributed by atoms with Crippen molar-refractivity contribution < 1.29 is 23.8 Å². The molecule has 2 heterocycles. The Balaban J connectivity index is 1.47. The van der Waals surface area contributed by atoms with Crippen molar-refractivity contribution in [3.63, 3.8) is 0 Å². The van der Waals surface area contributed by atoms with Gasteiger partial charge in [0, 0.05) is 31.4 Å². The van der Waals surface area contributed by atoms with E-state index in [1.54, 1.807) is 24.1 Å². The number of benzene rings is 2. The molecular formula is C31H36FN3O4. The topological polar surface area (TPSA) is 83.0 Å². The van der Waals surface area contributed by atoms with Crippen molar-refractivity contribution >= 4 is 12.0 Å². The van der Waals surface area contributed by atoms with E-state index in [9.17, 15) is 19.1 Å². The van der Waals surface area contributed by atoms with Crippen LogP contribution in [0.1, 0.15) is 66.8 Å². The van der Waals surface area contributed by atoms with Gasteiger partial charge >= 0.3 is 6.09 Å². The number of hydrogen-bond acceptors (Lipinski definition) is 5. The maximum Gasteiger partial charge on any atom is 0.410 e. The fraction of sp³-hybridized carbons (Fsp3) is 0.387. The standard InChI is InChI=1S/C31H36FN3O4/c1-31(2,3)39-30(38)35-26(14-15-27(35)28(36)23-8-6-5-7-9-23)17-21-10-12-24(13-11-21)29(37)34(4)20-22-16-25(32)19-33-18-22/h5-13,16,18-19,26-28,36H,14-15,17,20H2,1-4H3/t26-,27+,28+/m0/s1. The highest BCUT2D eigenvalue weighted by molar-refractivity contribution is 5.94. The van der Waals surface area contributed by atoms with Gasteiger partial charge in [-0.3, -0.25) is 14.7 Å². The molecule has 1 N–H and O–H groups in total. The van der Waals surface area contributed by atoms with Gasteiger partial charge in [0.15, 0.2) is 0 Å². The summed E-state index contributed by atoms with van der Waals surface area (Å²) < 4.78 is 19.2. The second-order valence-corrected chi connectivity index (χ2v) is 11.1. The van der Waals surface area contributed by atoms with Gasteiger partial charge in [-0.15, -0.1) is 0 Å². The summed E-state index contributed by atoms with van der Waals surface area (Å²) in [5, 5.41) is 11.2. The van der Waals surface area contributed by atoms with E-state index in [4.69, 9.17) is 4.74 Å². The monoisotopic (exact) mass is 533 g/mol. The highest BCUT2D eigenvalue weighted by Crippen LogP contribution is 2.36. The largest absolute Gasteiger partial charge is 0.444 e. The normalized spacial score (nSPS) is 18.1. The summed E-state index contributed by atoms with van der Waals surface area (Å²) in [5.41, 5.74) is 2.19. The van der Waals surface area contributed by atoms with Gasteiger partial charge in [-0.25, -0.2) is 9.18 Å². The van der Waals surface area contributed by atoms with Gasteiger partial charge < -0.3 is 14.7 Å². The Morgan fingerprint density at radius 1 is 1.08 bits per heavy atom. The number of likely N-dealkylation sites (tertiary alicyclic amines) is 1. The number of aliphatic hydroxyl groups excluding tert-OH is 1. The van der Waals surface area contributed by atoms with Gasteiger partial charge in [-0.2, -0.15) is 0 Å². The van der Waals surface area contributed by atoms with Gasteiger partial charge in [-0.05, 0) is 74.9 Å². The van der Waals surface area contributed by atoms with Crippen molar-refractivity contribution in [1.29, 1.82) is 0 Å². The van der Waals surface area contributed by atoms with Crippen LogP contribution in [0.5, 0.6) is 0 Å². The Bertz CT molecular complexity index is 1280. The molecule has 0 aliphatic carbocycles. The first-order chi connectivity index (χ1) is 18.5.